The van der Waals surface area contributed by atoms with Gasteiger partial charge >= 0.3 is 0 Å². The highest BCUT2D eigenvalue weighted by Crippen LogP contribution is 2.17. The largest absolute Gasteiger partial charge is 0.352 e. The van der Waals surface area contributed by atoms with E-state index in [2.05, 4.69) is 20.2 Å². The number of halogens is 1. The molecule has 1 aliphatic rings. The number of nitrogens with zero attached hydrogens (tertiary/aromatic N) is 3. The molecule has 0 amide bonds. The number of nitrogens with one attached hydrogen (secondary N) is 1. The van der Waals surface area contributed by atoms with Crippen molar-refractivity contribution in [3.05, 3.63) is 53.4 Å². The zero-order valence-electron chi connectivity index (χ0n) is 11.6. The summed E-state index contributed by atoms with van der Waals surface area (Å²) in [5.41, 5.74) is 1.06. The Labute approximate surface area is 128 Å². The molecule has 1 saturated heterocycles. The summed E-state index contributed by atoms with van der Waals surface area (Å²) >= 11 is 5.99. The summed E-state index contributed by atoms with van der Waals surface area (Å²) in [6.45, 7) is 3.04. The van der Waals surface area contributed by atoms with Crippen LogP contribution in [0.25, 0.3) is 0 Å². The fraction of sp³-hybridized carbons (Fsp3) is 0.333. The maximum atomic E-state index is 6.03. The highest BCUT2D eigenvalue weighted by Gasteiger charge is 2.24. The Morgan fingerprint density at radius 3 is 3.14 bits per heavy atom. The molecule has 110 valence electrons. The third-order valence-corrected chi connectivity index (χ3v) is 3.61. The van der Waals surface area contributed by atoms with Crippen LogP contribution in [0.5, 0.6) is 0 Å². The van der Waals surface area contributed by atoms with Gasteiger partial charge < -0.3 is 15.0 Å². The summed E-state index contributed by atoms with van der Waals surface area (Å²) in [6, 6.07) is 7.72. The van der Waals surface area contributed by atoms with Crippen molar-refractivity contribution in [2.24, 2.45) is 0 Å². The SMILES string of the molecule is Clc1cccc(COC2CNCCN2c2cnccn2)c1. The fourth-order valence-corrected chi connectivity index (χ4v) is 2.56. The molecule has 1 N–H and O–H groups in total. The van der Waals surface area contributed by atoms with Gasteiger partial charge in [-0.05, 0) is 17.7 Å². The summed E-state index contributed by atoms with van der Waals surface area (Å²) in [7, 11) is 0. The lowest BCUT2D eigenvalue weighted by molar-refractivity contribution is 0.0305. The lowest BCUT2D eigenvalue weighted by atomic mass is 10.2. The van der Waals surface area contributed by atoms with Crippen LogP contribution in [0.2, 0.25) is 5.02 Å². The van der Waals surface area contributed by atoms with E-state index >= 15 is 0 Å². The Kier molecular flexibility index (Phi) is 4.65. The van der Waals surface area contributed by atoms with Gasteiger partial charge in [-0.15, -0.1) is 0 Å². The second kappa shape index (κ2) is 6.85. The molecule has 5 nitrogen and oxygen atoms in total. The van der Waals surface area contributed by atoms with Crippen molar-refractivity contribution >= 4 is 17.4 Å². The van der Waals surface area contributed by atoms with Gasteiger partial charge in [-0.25, -0.2) is 4.98 Å². The number of anilines is 1. The zero-order chi connectivity index (χ0) is 14.5. The summed E-state index contributed by atoms with van der Waals surface area (Å²) in [5, 5.41) is 4.07. The Morgan fingerprint density at radius 2 is 2.33 bits per heavy atom. The highest BCUT2D eigenvalue weighted by molar-refractivity contribution is 6.30. The van der Waals surface area contributed by atoms with Crippen LogP contribution in [0.15, 0.2) is 42.9 Å². The number of ether oxygens (including phenoxy) is 1. The Morgan fingerprint density at radius 1 is 1.38 bits per heavy atom. The predicted octanol–water partition coefficient (Wildman–Crippen LogP) is 2.08. The smallest absolute Gasteiger partial charge is 0.149 e. The molecule has 3 rings (SSSR count). The lowest BCUT2D eigenvalue weighted by Gasteiger charge is -2.36. The summed E-state index contributed by atoms with van der Waals surface area (Å²) in [4.78, 5) is 10.6. The number of hydrogen-bond donors (Lipinski definition) is 1. The first-order valence-electron chi connectivity index (χ1n) is 6.92. The van der Waals surface area contributed by atoms with Crippen LogP contribution in [0.1, 0.15) is 5.56 Å². The first-order valence-corrected chi connectivity index (χ1v) is 7.30. The minimum Gasteiger partial charge on any atom is -0.352 e. The van der Waals surface area contributed by atoms with Crippen molar-refractivity contribution < 1.29 is 4.74 Å². The molecule has 1 aromatic heterocycles. The maximum Gasteiger partial charge on any atom is 0.149 e. The molecule has 2 heterocycles. The van der Waals surface area contributed by atoms with Crippen LogP contribution in [0, 0.1) is 0 Å². The van der Waals surface area contributed by atoms with E-state index in [0.717, 1.165) is 36.0 Å². The molecule has 21 heavy (non-hydrogen) atoms. The summed E-state index contributed by atoms with van der Waals surface area (Å²) < 4.78 is 6.03. The van der Waals surface area contributed by atoms with Gasteiger partial charge in [-0.2, -0.15) is 0 Å². The predicted molar refractivity (Wildman–Crippen MR) is 82.3 cm³/mol. The van der Waals surface area contributed by atoms with Gasteiger partial charge in [0.1, 0.15) is 12.0 Å². The van der Waals surface area contributed by atoms with Crippen molar-refractivity contribution in [2.45, 2.75) is 12.8 Å². The quantitative estimate of drug-likeness (QED) is 0.937. The number of rotatable bonds is 4. The van der Waals surface area contributed by atoms with E-state index in [-0.39, 0.29) is 6.23 Å². The second-order valence-electron chi connectivity index (χ2n) is 4.86. The molecule has 1 fully saturated rings. The van der Waals surface area contributed by atoms with E-state index in [9.17, 15) is 0 Å². The molecule has 0 radical (unpaired) electrons. The normalized spacial score (nSPS) is 18.7. The van der Waals surface area contributed by atoms with Gasteiger partial charge in [0.2, 0.25) is 0 Å². The summed E-state index contributed by atoms with van der Waals surface area (Å²) in [6.07, 6.45) is 5.08. The minimum atomic E-state index is -0.0607. The maximum absolute atomic E-state index is 6.03. The van der Waals surface area contributed by atoms with Crippen molar-refractivity contribution in [1.82, 2.24) is 15.3 Å². The molecule has 0 bridgehead atoms. The van der Waals surface area contributed by atoms with Crippen LogP contribution >= 0.6 is 11.6 Å². The van der Waals surface area contributed by atoms with Gasteiger partial charge in [0.15, 0.2) is 0 Å². The van der Waals surface area contributed by atoms with Crippen molar-refractivity contribution in [3.63, 3.8) is 0 Å². The van der Waals surface area contributed by atoms with Crippen LogP contribution in [0.3, 0.4) is 0 Å². The van der Waals surface area contributed by atoms with Crippen LogP contribution in [-0.4, -0.2) is 35.8 Å². The van der Waals surface area contributed by atoms with E-state index in [1.807, 2.05) is 24.3 Å². The van der Waals surface area contributed by atoms with E-state index in [1.165, 1.54) is 0 Å². The molecular weight excluding hydrogens is 288 g/mol. The Bertz CT molecular complexity index is 581. The summed E-state index contributed by atoms with van der Waals surface area (Å²) in [5.74, 6) is 0.843. The van der Waals surface area contributed by atoms with Gasteiger partial charge in [-0.1, -0.05) is 23.7 Å². The number of aromatic nitrogens is 2. The third-order valence-electron chi connectivity index (χ3n) is 3.37. The van der Waals surface area contributed by atoms with Crippen molar-refractivity contribution in [1.29, 1.82) is 0 Å². The first kappa shape index (κ1) is 14.3. The van der Waals surface area contributed by atoms with Gasteiger partial charge in [-0.3, -0.25) is 4.98 Å². The molecule has 0 aliphatic carbocycles. The highest BCUT2D eigenvalue weighted by atomic mass is 35.5. The average Bonchev–Trinajstić information content (AvgIpc) is 2.54. The van der Waals surface area contributed by atoms with E-state index in [1.54, 1.807) is 18.6 Å². The van der Waals surface area contributed by atoms with Crippen LogP contribution in [0.4, 0.5) is 5.82 Å². The Hall–Kier alpha value is -1.69. The van der Waals surface area contributed by atoms with E-state index in [4.69, 9.17) is 16.3 Å². The van der Waals surface area contributed by atoms with Crippen molar-refractivity contribution in [2.75, 3.05) is 24.5 Å². The topological polar surface area (TPSA) is 50.3 Å². The van der Waals surface area contributed by atoms with Gasteiger partial charge in [0.25, 0.3) is 0 Å². The standard InChI is InChI=1S/C15H17ClN4O/c16-13-3-1-2-12(8-13)11-21-15-10-18-6-7-20(15)14-9-17-4-5-19-14/h1-5,8-9,15,18H,6-7,10-11H2. The number of benzene rings is 1. The second-order valence-corrected chi connectivity index (χ2v) is 5.29. The molecule has 6 heteroatoms. The zero-order valence-corrected chi connectivity index (χ0v) is 12.3. The minimum absolute atomic E-state index is 0.0607. The molecule has 2 aromatic rings. The van der Waals surface area contributed by atoms with Gasteiger partial charge in [0.05, 0.1) is 12.8 Å². The molecular formula is C15H17ClN4O. The average molecular weight is 305 g/mol. The van der Waals surface area contributed by atoms with E-state index in [0.29, 0.717) is 6.61 Å². The first-order chi connectivity index (χ1) is 10.3. The van der Waals surface area contributed by atoms with Gasteiger partial charge in [0, 0.05) is 37.1 Å². The molecule has 1 aromatic carbocycles. The van der Waals surface area contributed by atoms with Crippen LogP contribution < -0.4 is 10.2 Å². The lowest BCUT2D eigenvalue weighted by Crippen LogP contribution is -2.53. The molecule has 0 spiro atoms. The molecule has 1 unspecified atom stereocenters. The van der Waals surface area contributed by atoms with Crippen LogP contribution in [-0.2, 0) is 11.3 Å². The number of piperazine rings is 1. The molecule has 1 aliphatic heterocycles. The number of hydrogen-bond acceptors (Lipinski definition) is 5. The van der Waals surface area contributed by atoms with E-state index < -0.39 is 0 Å². The molecule has 0 saturated carbocycles. The fourth-order valence-electron chi connectivity index (χ4n) is 2.35. The Balaban J connectivity index is 1.67. The molecule has 1 atom stereocenters. The monoisotopic (exact) mass is 304 g/mol. The van der Waals surface area contributed by atoms with Crippen molar-refractivity contribution in [3.8, 4) is 0 Å². The third kappa shape index (κ3) is 3.69.